The Bertz CT molecular complexity index is 551. The quantitative estimate of drug-likeness (QED) is 0.144. The second-order valence-corrected chi connectivity index (χ2v) is 7.70. The number of ether oxygens (including phenoxy) is 1. The summed E-state index contributed by atoms with van der Waals surface area (Å²) in [5, 5.41) is 0. The molecule has 1 rings (SSSR count). The number of aromatic nitrogens is 1. The third-order valence-corrected chi connectivity index (χ3v) is 4.92. The molecule has 1 heterocycles. The third kappa shape index (κ3) is 16.7. The Morgan fingerprint density at radius 2 is 1.45 bits per heavy atom. The van der Waals surface area contributed by atoms with Gasteiger partial charge in [-0.1, -0.05) is 69.4 Å². The summed E-state index contributed by atoms with van der Waals surface area (Å²) >= 11 is 0. The number of unbranched alkanes of at least 4 members (excludes halogenated alkanes) is 10. The Labute approximate surface area is 178 Å². The fourth-order valence-corrected chi connectivity index (χ4v) is 3.12. The van der Waals surface area contributed by atoms with Crippen molar-refractivity contribution in [2.75, 3.05) is 0 Å². The van der Waals surface area contributed by atoms with Crippen LogP contribution in [0.5, 0.6) is 0 Å². The van der Waals surface area contributed by atoms with Crippen molar-refractivity contribution in [2.45, 2.75) is 103 Å². The van der Waals surface area contributed by atoms with Crippen LogP contribution in [0.3, 0.4) is 0 Å². The Balaban J connectivity index is 1.83. The van der Waals surface area contributed by atoms with Crippen LogP contribution in [-0.2, 0) is 16.1 Å². The maximum absolute atomic E-state index is 11.7. The zero-order valence-electron chi connectivity index (χ0n) is 18.5. The van der Waals surface area contributed by atoms with Crippen LogP contribution in [0.25, 0.3) is 0 Å². The molecule has 162 valence electrons. The summed E-state index contributed by atoms with van der Waals surface area (Å²) in [6, 6.07) is 3.76. The van der Waals surface area contributed by atoms with Gasteiger partial charge in [0.15, 0.2) is 0 Å². The predicted octanol–water partition coefficient (Wildman–Crippen LogP) is 7.72. The number of hydrogen-bond donors (Lipinski definition) is 0. The lowest BCUT2D eigenvalue weighted by molar-refractivity contribution is -0.145. The van der Waals surface area contributed by atoms with Gasteiger partial charge in [0.25, 0.3) is 0 Å². The molecule has 0 aliphatic carbocycles. The summed E-state index contributed by atoms with van der Waals surface area (Å²) in [4.78, 5) is 15.7. The standard InChI is InChI=1S/C26H41NO2/c1-2-3-4-5-6-7-8-9-10-11-12-13-14-15-16-17-18-21-26(28)29-24-25-20-19-22-27-23-25/h7-8,15-16,19-20,22-23H,2-6,9-14,17-18,21,24H2,1H3/b8-7-,16-15-. The lowest BCUT2D eigenvalue weighted by Gasteiger charge is -2.03. The predicted molar refractivity (Wildman–Crippen MR) is 123 cm³/mol. The number of hydrogen-bond acceptors (Lipinski definition) is 3. The van der Waals surface area contributed by atoms with Crippen LogP contribution in [0.15, 0.2) is 48.8 Å². The molecule has 0 unspecified atom stereocenters. The lowest BCUT2D eigenvalue weighted by Crippen LogP contribution is -2.04. The van der Waals surface area contributed by atoms with Gasteiger partial charge in [0, 0.05) is 24.4 Å². The largest absolute Gasteiger partial charge is 0.461 e. The summed E-state index contributed by atoms with van der Waals surface area (Å²) in [5.74, 6) is -0.128. The van der Waals surface area contributed by atoms with Crippen LogP contribution in [0.1, 0.15) is 102 Å². The van der Waals surface area contributed by atoms with E-state index in [0.717, 1.165) is 24.8 Å². The average molecular weight is 400 g/mol. The molecule has 1 aromatic rings. The van der Waals surface area contributed by atoms with E-state index in [1.807, 2.05) is 12.1 Å². The minimum atomic E-state index is -0.128. The first-order valence-electron chi connectivity index (χ1n) is 11.7. The molecular weight excluding hydrogens is 358 g/mol. The third-order valence-electron chi connectivity index (χ3n) is 4.92. The summed E-state index contributed by atoms with van der Waals surface area (Å²) in [6.07, 6.45) is 29.2. The Morgan fingerprint density at radius 3 is 2.00 bits per heavy atom. The van der Waals surface area contributed by atoms with E-state index < -0.39 is 0 Å². The second kappa shape index (κ2) is 19.4. The van der Waals surface area contributed by atoms with E-state index in [4.69, 9.17) is 4.74 Å². The molecule has 0 saturated heterocycles. The van der Waals surface area contributed by atoms with Crippen LogP contribution in [0.2, 0.25) is 0 Å². The first kappa shape index (κ1) is 25.1. The maximum atomic E-state index is 11.7. The first-order chi connectivity index (χ1) is 14.3. The minimum absolute atomic E-state index is 0.128. The van der Waals surface area contributed by atoms with Crippen LogP contribution >= 0.6 is 0 Å². The summed E-state index contributed by atoms with van der Waals surface area (Å²) < 4.78 is 5.25. The van der Waals surface area contributed by atoms with Crippen molar-refractivity contribution in [1.82, 2.24) is 4.98 Å². The highest BCUT2D eigenvalue weighted by Gasteiger charge is 2.02. The van der Waals surface area contributed by atoms with E-state index in [9.17, 15) is 4.79 Å². The summed E-state index contributed by atoms with van der Waals surface area (Å²) in [7, 11) is 0. The smallest absolute Gasteiger partial charge is 0.306 e. The van der Waals surface area contributed by atoms with Gasteiger partial charge in [-0.15, -0.1) is 0 Å². The minimum Gasteiger partial charge on any atom is -0.461 e. The van der Waals surface area contributed by atoms with Gasteiger partial charge < -0.3 is 4.74 Å². The summed E-state index contributed by atoms with van der Waals surface area (Å²) in [6.45, 7) is 2.58. The fourth-order valence-electron chi connectivity index (χ4n) is 3.12. The van der Waals surface area contributed by atoms with Gasteiger partial charge in [-0.25, -0.2) is 0 Å². The van der Waals surface area contributed by atoms with Gasteiger partial charge >= 0.3 is 5.97 Å². The number of allylic oxidation sites excluding steroid dienone is 4. The SMILES string of the molecule is CCCCCC/C=C\CCCCCC/C=C\CCCC(=O)OCc1cccnc1. The van der Waals surface area contributed by atoms with Crippen LogP contribution in [0, 0.1) is 0 Å². The molecule has 0 N–H and O–H groups in total. The molecule has 0 aliphatic heterocycles. The molecule has 0 radical (unpaired) electrons. The molecule has 0 aliphatic rings. The molecule has 0 fully saturated rings. The maximum Gasteiger partial charge on any atom is 0.306 e. The van der Waals surface area contributed by atoms with Crippen molar-refractivity contribution >= 4 is 5.97 Å². The Hall–Kier alpha value is -1.90. The van der Waals surface area contributed by atoms with Crippen molar-refractivity contribution in [3.63, 3.8) is 0 Å². The second-order valence-electron chi connectivity index (χ2n) is 7.70. The topological polar surface area (TPSA) is 39.2 Å². The number of carbonyl (C=O) groups is 1. The van der Waals surface area contributed by atoms with E-state index in [2.05, 4.69) is 36.2 Å². The number of carbonyl (C=O) groups excluding carboxylic acids is 1. The van der Waals surface area contributed by atoms with E-state index in [0.29, 0.717) is 13.0 Å². The number of pyridine rings is 1. The zero-order valence-corrected chi connectivity index (χ0v) is 18.5. The Kier molecular flexibility index (Phi) is 16.8. The van der Waals surface area contributed by atoms with E-state index in [-0.39, 0.29) is 5.97 Å². The lowest BCUT2D eigenvalue weighted by atomic mass is 10.1. The molecule has 29 heavy (non-hydrogen) atoms. The molecule has 1 aromatic heterocycles. The highest BCUT2D eigenvalue weighted by atomic mass is 16.5. The first-order valence-corrected chi connectivity index (χ1v) is 11.7. The Morgan fingerprint density at radius 1 is 0.862 bits per heavy atom. The molecule has 0 bridgehead atoms. The van der Waals surface area contributed by atoms with Crippen molar-refractivity contribution in [3.05, 3.63) is 54.4 Å². The number of nitrogens with zero attached hydrogens (tertiary/aromatic N) is 1. The van der Waals surface area contributed by atoms with Gasteiger partial charge in [-0.2, -0.15) is 0 Å². The number of rotatable bonds is 18. The fraction of sp³-hybridized carbons (Fsp3) is 0.615. The molecule has 3 heteroatoms. The van der Waals surface area contributed by atoms with Gasteiger partial charge in [0.2, 0.25) is 0 Å². The van der Waals surface area contributed by atoms with E-state index in [1.54, 1.807) is 12.4 Å². The normalized spacial score (nSPS) is 11.5. The number of esters is 1. The molecule has 0 aromatic carbocycles. The van der Waals surface area contributed by atoms with Gasteiger partial charge in [0.1, 0.15) is 6.61 Å². The van der Waals surface area contributed by atoms with E-state index in [1.165, 1.54) is 64.2 Å². The highest BCUT2D eigenvalue weighted by Crippen LogP contribution is 2.09. The van der Waals surface area contributed by atoms with E-state index >= 15 is 0 Å². The van der Waals surface area contributed by atoms with Crippen LogP contribution in [-0.4, -0.2) is 11.0 Å². The summed E-state index contributed by atoms with van der Waals surface area (Å²) in [5.41, 5.74) is 0.930. The van der Waals surface area contributed by atoms with Gasteiger partial charge in [0.05, 0.1) is 0 Å². The monoisotopic (exact) mass is 399 g/mol. The molecule has 3 nitrogen and oxygen atoms in total. The molecule has 0 saturated carbocycles. The zero-order chi connectivity index (χ0) is 20.8. The van der Waals surface area contributed by atoms with Crippen molar-refractivity contribution < 1.29 is 9.53 Å². The average Bonchev–Trinajstić information content (AvgIpc) is 2.75. The molecule has 0 spiro atoms. The highest BCUT2D eigenvalue weighted by molar-refractivity contribution is 5.69. The van der Waals surface area contributed by atoms with Crippen molar-refractivity contribution in [3.8, 4) is 0 Å². The van der Waals surface area contributed by atoms with Crippen molar-refractivity contribution in [2.24, 2.45) is 0 Å². The molecular formula is C26H41NO2. The molecule has 0 amide bonds. The molecule has 0 atom stereocenters. The van der Waals surface area contributed by atoms with Gasteiger partial charge in [-0.05, 0) is 57.4 Å². The van der Waals surface area contributed by atoms with Crippen LogP contribution in [0.4, 0.5) is 0 Å². The van der Waals surface area contributed by atoms with Crippen molar-refractivity contribution in [1.29, 1.82) is 0 Å². The van der Waals surface area contributed by atoms with Crippen LogP contribution < -0.4 is 0 Å². The van der Waals surface area contributed by atoms with Gasteiger partial charge in [-0.3, -0.25) is 9.78 Å².